The van der Waals surface area contributed by atoms with Crippen LogP contribution < -0.4 is 16.0 Å². The van der Waals surface area contributed by atoms with Gasteiger partial charge in [0.1, 0.15) is 5.58 Å². The highest BCUT2D eigenvalue weighted by atomic mass is 16.4. The van der Waals surface area contributed by atoms with Crippen molar-refractivity contribution in [3.05, 3.63) is 70.3 Å². The van der Waals surface area contributed by atoms with Gasteiger partial charge in [0.2, 0.25) is 0 Å². The summed E-state index contributed by atoms with van der Waals surface area (Å²) in [6, 6.07) is 10.8. The van der Waals surface area contributed by atoms with Crippen LogP contribution in [0.1, 0.15) is 36.7 Å². The molecule has 2 aromatic heterocycles. The Kier molecular flexibility index (Phi) is 5.84. The SMILES string of the molecule is CCN(CC)c1ccc2cc(C(C)=NNC(=O)c3cccnc3)c(=O)oc2c1. The standard InChI is InChI=1S/C21H22N4O3/c1-4-25(5-2)17-9-8-15-11-18(21(27)28-19(15)12-17)14(3)23-24-20(26)16-7-6-10-22-13-16/h6-13H,4-5H2,1-3H3,(H,24,26). The quantitative estimate of drug-likeness (QED) is 0.404. The van der Waals surface area contributed by atoms with E-state index in [-0.39, 0.29) is 0 Å². The number of nitrogens with zero attached hydrogens (tertiary/aromatic N) is 3. The Balaban J connectivity index is 1.88. The van der Waals surface area contributed by atoms with Gasteiger partial charge in [0.25, 0.3) is 5.91 Å². The third-order valence-electron chi connectivity index (χ3n) is 4.49. The predicted molar refractivity (Wildman–Crippen MR) is 110 cm³/mol. The Morgan fingerprint density at radius 3 is 2.68 bits per heavy atom. The van der Waals surface area contributed by atoms with Crippen molar-refractivity contribution < 1.29 is 9.21 Å². The average Bonchev–Trinajstić information content (AvgIpc) is 2.72. The summed E-state index contributed by atoms with van der Waals surface area (Å²) in [4.78, 5) is 30.6. The van der Waals surface area contributed by atoms with Gasteiger partial charge in [-0.25, -0.2) is 10.2 Å². The zero-order valence-corrected chi connectivity index (χ0v) is 16.1. The van der Waals surface area contributed by atoms with Gasteiger partial charge in [-0.05, 0) is 51.1 Å². The Morgan fingerprint density at radius 2 is 2.00 bits per heavy atom. The van der Waals surface area contributed by atoms with Gasteiger partial charge in [-0.2, -0.15) is 5.10 Å². The molecule has 3 rings (SSSR count). The number of fused-ring (bicyclic) bond motifs is 1. The highest BCUT2D eigenvalue weighted by Gasteiger charge is 2.11. The molecule has 0 aliphatic heterocycles. The molecule has 0 saturated heterocycles. The number of hydrazone groups is 1. The van der Waals surface area contributed by atoms with Crippen molar-refractivity contribution in [2.24, 2.45) is 5.10 Å². The van der Waals surface area contributed by atoms with E-state index >= 15 is 0 Å². The van der Waals surface area contributed by atoms with Crippen LogP contribution in [0.4, 0.5) is 5.69 Å². The van der Waals surface area contributed by atoms with Crippen molar-refractivity contribution in [2.45, 2.75) is 20.8 Å². The van der Waals surface area contributed by atoms with Crippen molar-refractivity contribution in [1.29, 1.82) is 0 Å². The van der Waals surface area contributed by atoms with Gasteiger partial charge in [0.15, 0.2) is 0 Å². The number of benzene rings is 1. The van der Waals surface area contributed by atoms with Crippen molar-refractivity contribution in [1.82, 2.24) is 10.4 Å². The molecule has 0 aliphatic carbocycles. The van der Waals surface area contributed by atoms with Crippen molar-refractivity contribution in [2.75, 3.05) is 18.0 Å². The summed E-state index contributed by atoms with van der Waals surface area (Å²) in [5.74, 6) is -0.401. The number of amides is 1. The number of nitrogens with one attached hydrogen (secondary N) is 1. The summed E-state index contributed by atoms with van der Waals surface area (Å²) in [5.41, 5.74) is 4.50. The normalized spacial score (nSPS) is 11.5. The van der Waals surface area contributed by atoms with Crippen LogP contribution in [0.2, 0.25) is 0 Å². The molecule has 144 valence electrons. The van der Waals surface area contributed by atoms with Gasteiger partial charge in [0.05, 0.1) is 16.8 Å². The zero-order valence-electron chi connectivity index (χ0n) is 16.1. The molecule has 28 heavy (non-hydrogen) atoms. The molecule has 0 radical (unpaired) electrons. The highest BCUT2D eigenvalue weighted by molar-refractivity contribution is 6.02. The zero-order chi connectivity index (χ0) is 20.1. The van der Waals surface area contributed by atoms with Crippen LogP contribution in [0.15, 0.2) is 63.1 Å². The van der Waals surface area contributed by atoms with Crippen LogP contribution in [0, 0.1) is 0 Å². The topological polar surface area (TPSA) is 87.8 Å². The molecule has 0 bridgehead atoms. The van der Waals surface area contributed by atoms with Crippen molar-refractivity contribution in [3.8, 4) is 0 Å². The molecular formula is C21H22N4O3. The van der Waals surface area contributed by atoms with Crippen LogP contribution in [0.3, 0.4) is 0 Å². The van der Waals surface area contributed by atoms with Crippen LogP contribution in [0.5, 0.6) is 0 Å². The van der Waals surface area contributed by atoms with E-state index in [1.54, 1.807) is 31.3 Å². The van der Waals surface area contributed by atoms with Crippen LogP contribution >= 0.6 is 0 Å². The molecule has 0 unspecified atom stereocenters. The molecule has 3 aromatic rings. The summed E-state index contributed by atoms with van der Waals surface area (Å²) in [7, 11) is 0. The molecule has 2 heterocycles. The summed E-state index contributed by atoms with van der Waals surface area (Å²) >= 11 is 0. The second-order valence-corrected chi connectivity index (χ2v) is 6.22. The van der Waals surface area contributed by atoms with E-state index in [1.165, 1.54) is 6.20 Å². The Morgan fingerprint density at radius 1 is 1.21 bits per heavy atom. The van der Waals surface area contributed by atoms with Crippen LogP contribution in [-0.4, -0.2) is 29.7 Å². The van der Waals surface area contributed by atoms with E-state index in [2.05, 4.69) is 34.3 Å². The minimum absolute atomic E-state index is 0.301. The van der Waals surface area contributed by atoms with Crippen LogP contribution in [-0.2, 0) is 0 Å². The summed E-state index contributed by atoms with van der Waals surface area (Å²) in [6.07, 6.45) is 3.02. The van der Waals surface area contributed by atoms with Gasteiger partial charge in [-0.3, -0.25) is 9.78 Å². The fourth-order valence-corrected chi connectivity index (χ4v) is 2.89. The molecule has 0 spiro atoms. The maximum absolute atomic E-state index is 12.4. The largest absolute Gasteiger partial charge is 0.422 e. The molecule has 1 aromatic carbocycles. The predicted octanol–water partition coefficient (Wildman–Crippen LogP) is 3.19. The molecule has 0 fully saturated rings. The van der Waals surface area contributed by atoms with E-state index in [0.29, 0.717) is 22.4 Å². The lowest BCUT2D eigenvalue weighted by atomic mass is 10.1. The van der Waals surface area contributed by atoms with Gasteiger partial charge in [-0.15, -0.1) is 0 Å². The highest BCUT2D eigenvalue weighted by Crippen LogP contribution is 2.22. The second-order valence-electron chi connectivity index (χ2n) is 6.22. The first-order valence-corrected chi connectivity index (χ1v) is 9.11. The second kappa shape index (κ2) is 8.47. The molecular weight excluding hydrogens is 356 g/mol. The minimum Gasteiger partial charge on any atom is -0.422 e. The Bertz CT molecular complexity index is 1070. The molecule has 7 nitrogen and oxygen atoms in total. The lowest BCUT2D eigenvalue weighted by Gasteiger charge is -2.21. The average molecular weight is 378 g/mol. The van der Waals surface area contributed by atoms with Gasteiger partial charge < -0.3 is 9.32 Å². The van der Waals surface area contributed by atoms with Crippen molar-refractivity contribution >= 4 is 28.3 Å². The fraction of sp³-hybridized carbons (Fsp3) is 0.238. The molecule has 7 heteroatoms. The first-order chi connectivity index (χ1) is 13.5. The first kappa shape index (κ1) is 19.3. The maximum atomic E-state index is 12.4. The Labute approximate surface area is 162 Å². The van der Waals surface area contributed by atoms with E-state index in [4.69, 9.17) is 4.42 Å². The van der Waals surface area contributed by atoms with Gasteiger partial charge in [-0.1, -0.05) is 0 Å². The minimum atomic E-state index is -0.499. The number of carbonyl (C=O) groups excluding carboxylic acids is 1. The fourth-order valence-electron chi connectivity index (χ4n) is 2.89. The number of aromatic nitrogens is 1. The maximum Gasteiger partial charge on any atom is 0.345 e. The van der Waals surface area contributed by atoms with Crippen molar-refractivity contribution in [3.63, 3.8) is 0 Å². The third kappa shape index (κ3) is 4.09. The number of anilines is 1. The molecule has 1 N–H and O–H groups in total. The smallest absolute Gasteiger partial charge is 0.345 e. The lowest BCUT2D eigenvalue weighted by molar-refractivity contribution is 0.0954. The molecule has 0 saturated carbocycles. The number of hydrogen-bond acceptors (Lipinski definition) is 6. The molecule has 0 atom stereocenters. The summed E-state index contributed by atoms with van der Waals surface area (Å²) in [5, 5.41) is 4.82. The van der Waals surface area contributed by atoms with E-state index in [1.807, 2.05) is 18.2 Å². The van der Waals surface area contributed by atoms with E-state index in [9.17, 15) is 9.59 Å². The lowest BCUT2D eigenvalue weighted by Crippen LogP contribution is -2.22. The number of hydrogen-bond donors (Lipinski definition) is 1. The number of pyridine rings is 1. The molecule has 0 aliphatic rings. The summed E-state index contributed by atoms with van der Waals surface area (Å²) < 4.78 is 5.50. The van der Waals surface area contributed by atoms with Gasteiger partial charge in [0, 0.05) is 42.6 Å². The summed E-state index contributed by atoms with van der Waals surface area (Å²) in [6.45, 7) is 7.53. The van der Waals surface area contributed by atoms with Crippen LogP contribution in [0.25, 0.3) is 11.0 Å². The Hall–Kier alpha value is -3.48. The van der Waals surface area contributed by atoms with E-state index < -0.39 is 11.5 Å². The number of carbonyl (C=O) groups is 1. The molecule has 1 amide bonds. The monoisotopic (exact) mass is 378 g/mol. The third-order valence-corrected chi connectivity index (χ3v) is 4.49. The van der Waals surface area contributed by atoms with Gasteiger partial charge >= 0.3 is 5.63 Å². The van der Waals surface area contributed by atoms with E-state index in [0.717, 1.165) is 24.2 Å². The first-order valence-electron chi connectivity index (χ1n) is 9.11. The number of rotatable bonds is 6.